The van der Waals surface area contributed by atoms with Gasteiger partial charge in [0.2, 0.25) is 0 Å². The Hall–Kier alpha value is -1.23. The van der Waals surface area contributed by atoms with Gasteiger partial charge in [-0.25, -0.2) is 0 Å². The summed E-state index contributed by atoms with van der Waals surface area (Å²) in [4.78, 5) is 6.80. The first-order valence-electron chi connectivity index (χ1n) is 9.93. The van der Waals surface area contributed by atoms with Crippen molar-refractivity contribution in [3.8, 4) is 5.75 Å². The molecule has 1 saturated carbocycles. The van der Waals surface area contributed by atoms with Gasteiger partial charge in [0.1, 0.15) is 5.75 Å². The predicted molar refractivity (Wildman–Crippen MR) is 117 cm³/mol. The highest BCUT2D eigenvalue weighted by Crippen LogP contribution is 2.45. The van der Waals surface area contributed by atoms with Crippen LogP contribution < -0.4 is 10.1 Å². The van der Waals surface area contributed by atoms with Gasteiger partial charge in [0.05, 0.1) is 6.10 Å². The molecule has 3 rings (SSSR count). The number of para-hydroxylation sites is 1. The molecule has 2 fully saturated rings. The van der Waals surface area contributed by atoms with Gasteiger partial charge in [0.25, 0.3) is 0 Å². The number of benzene rings is 1. The van der Waals surface area contributed by atoms with Crippen LogP contribution in [-0.4, -0.2) is 55.6 Å². The molecule has 1 aliphatic carbocycles. The van der Waals surface area contributed by atoms with Crippen molar-refractivity contribution in [2.24, 2.45) is 4.99 Å². The molecule has 1 heterocycles. The summed E-state index contributed by atoms with van der Waals surface area (Å²) >= 11 is 0. The molecule has 0 radical (unpaired) electrons. The van der Waals surface area contributed by atoms with E-state index in [-0.39, 0.29) is 41.7 Å². The van der Waals surface area contributed by atoms with E-state index in [1.165, 1.54) is 6.07 Å². The number of nitrogens with one attached hydrogen (secondary N) is 1. The summed E-state index contributed by atoms with van der Waals surface area (Å²) in [6, 6.07) is 6.44. The van der Waals surface area contributed by atoms with Crippen LogP contribution in [0.2, 0.25) is 0 Å². The zero-order valence-electron chi connectivity index (χ0n) is 16.7. The van der Waals surface area contributed by atoms with E-state index in [4.69, 9.17) is 4.74 Å². The van der Waals surface area contributed by atoms with Gasteiger partial charge in [-0.15, -0.1) is 37.1 Å². The number of piperidine rings is 1. The van der Waals surface area contributed by atoms with Gasteiger partial charge in [-0.3, -0.25) is 4.99 Å². The first-order chi connectivity index (χ1) is 13.4. The zero-order valence-corrected chi connectivity index (χ0v) is 19.1. The van der Waals surface area contributed by atoms with Crippen molar-refractivity contribution in [1.29, 1.82) is 0 Å². The minimum atomic E-state index is -4.69. The number of rotatable bonds is 6. The number of alkyl halides is 3. The SMILES string of the molecule is CCN=C(NC1CC1c1ccccc1OC(F)(F)F)N1CCC(OCC)CC1.I. The Bertz CT molecular complexity index is 679. The highest BCUT2D eigenvalue weighted by Gasteiger charge is 2.43. The maximum Gasteiger partial charge on any atom is 0.573 e. The first-order valence-corrected chi connectivity index (χ1v) is 9.93. The average Bonchev–Trinajstić information content (AvgIpc) is 3.40. The maximum absolute atomic E-state index is 12.7. The molecule has 1 aliphatic heterocycles. The molecule has 164 valence electrons. The van der Waals surface area contributed by atoms with Gasteiger partial charge in [0, 0.05) is 38.2 Å². The summed E-state index contributed by atoms with van der Waals surface area (Å²) in [6.45, 7) is 7.08. The summed E-state index contributed by atoms with van der Waals surface area (Å²) in [5.41, 5.74) is 0.586. The lowest BCUT2D eigenvalue weighted by Crippen LogP contribution is -2.48. The second-order valence-electron chi connectivity index (χ2n) is 7.12. The quantitative estimate of drug-likeness (QED) is 0.336. The van der Waals surface area contributed by atoms with Gasteiger partial charge < -0.3 is 19.7 Å². The molecule has 1 aromatic rings. The van der Waals surface area contributed by atoms with Gasteiger partial charge in [0.15, 0.2) is 5.96 Å². The summed E-state index contributed by atoms with van der Waals surface area (Å²) in [5.74, 6) is 0.705. The van der Waals surface area contributed by atoms with Crippen LogP contribution in [0.1, 0.15) is 44.6 Å². The fourth-order valence-electron chi connectivity index (χ4n) is 3.73. The minimum Gasteiger partial charge on any atom is -0.405 e. The van der Waals surface area contributed by atoms with Crippen LogP contribution in [0.25, 0.3) is 0 Å². The Kier molecular flexibility index (Phi) is 8.87. The highest BCUT2D eigenvalue weighted by atomic mass is 127. The Balaban J connectivity index is 0.00000300. The van der Waals surface area contributed by atoms with Crippen LogP contribution in [0, 0.1) is 0 Å². The topological polar surface area (TPSA) is 46.1 Å². The largest absolute Gasteiger partial charge is 0.573 e. The summed E-state index contributed by atoms with van der Waals surface area (Å²) in [7, 11) is 0. The molecule has 2 unspecified atom stereocenters. The monoisotopic (exact) mass is 527 g/mol. The van der Waals surface area contributed by atoms with Crippen LogP contribution in [0.15, 0.2) is 29.3 Å². The number of hydrogen-bond acceptors (Lipinski definition) is 3. The molecule has 2 aliphatic rings. The molecule has 9 heteroatoms. The van der Waals surface area contributed by atoms with Crippen molar-refractivity contribution in [2.45, 2.75) is 57.5 Å². The van der Waals surface area contributed by atoms with Gasteiger partial charge >= 0.3 is 6.36 Å². The van der Waals surface area contributed by atoms with E-state index in [1.807, 2.05) is 13.8 Å². The first kappa shape index (κ1) is 24.0. The molecule has 1 aromatic carbocycles. The van der Waals surface area contributed by atoms with Crippen molar-refractivity contribution >= 4 is 29.9 Å². The number of ether oxygens (including phenoxy) is 2. The smallest absolute Gasteiger partial charge is 0.405 e. The molecule has 1 saturated heterocycles. The molecular weight excluding hydrogens is 498 g/mol. The van der Waals surface area contributed by atoms with Gasteiger partial charge in [-0.2, -0.15) is 0 Å². The molecule has 0 spiro atoms. The van der Waals surface area contributed by atoms with E-state index in [9.17, 15) is 13.2 Å². The third kappa shape index (κ3) is 6.91. The molecule has 0 aromatic heterocycles. The summed E-state index contributed by atoms with van der Waals surface area (Å²) in [6.07, 6.45) is -1.73. The van der Waals surface area contributed by atoms with E-state index in [2.05, 4.69) is 19.9 Å². The summed E-state index contributed by atoms with van der Waals surface area (Å²) < 4.78 is 47.9. The van der Waals surface area contributed by atoms with Crippen LogP contribution in [0.4, 0.5) is 13.2 Å². The van der Waals surface area contributed by atoms with Crippen molar-refractivity contribution in [3.05, 3.63) is 29.8 Å². The molecule has 0 bridgehead atoms. The summed E-state index contributed by atoms with van der Waals surface area (Å²) in [5, 5.41) is 3.45. The number of hydrogen-bond donors (Lipinski definition) is 1. The third-order valence-corrected chi connectivity index (χ3v) is 5.10. The van der Waals surface area contributed by atoms with Crippen molar-refractivity contribution in [1.82, 2.24) is 10.2 Å². The van der Waals surface area contributed by atoms with Crippen molar-refractivity contribution in [2.75, 3.05) is 26.2 Å². The van der Waals surface area contributed by atoms with Crippen molar-refractivity contribution in [3.63, 3.8) is 0 Å². The number of aliphatic imine (C=N–C) groups is 1. The lowest BCUT2D eigenvalue weighted by molar-refractivity contribution is -0.274. The lowest BCUT2D eigenvalue weighted by atomic mass is 10.1. The highest BCUT2D eigenvalue weighted by molar-refractivity contribution is 14.0. The Labute approximate surface area is 187 Å². The molecule has 0 amide bonds. The van der Waals surface area contributed by atoms with E-state index >= 15 is 0 Å². The Morgan fingerprint density at radius 2 is 1.90 bits per heavy atom. The minimum absolute atomic E-state index is 0. The van der Waals surface area contributed by atoms with E-state index < -0.39 is 6.36 Å². The maximum atomic E-state index is 12.7. The van der Waals surface area contributed by atoms with E-state index in [0.29, 0.717) is 18.2 Å². The van der Waals surface area contributed by atoms with E-state index in [0.717, 1.165) is 44.9 Å². The van der Waals surface area contributed by atoms with Crippen molar-refractivity contribution < 1.29 is 22.6 Å². The molecule has 1 N–H and O–H groups in total. The number of nitrogens with zero attached hydrogens (tertiary/aromatic N) is 2. The molecule has 5 nitrogen and oxygen atoms in total. The second kappa shape index (κ2) is 10.7. The fraction of sp³-hybridized carbons (Fsp3) is 0.650. The number of halogens is 4. The normalized spacial score (nSPS) is 22.8. The standard InChI is InChI=1S/C20H28F3N3O2.HI/c1-3-24-19(26-11-9-14(10-12-26)27-4-2)25-17-13-16(17)15-7-5-6-8-18(15)28-20(21,22)23;/h5-8,14,16-17H,3-4,9-13H2,1-2H3,(H,24,25);1H. The van der Waals surface area contributed by atoms with Gasteiger partial charge in [-0.05, 0) is 44.7 Å². The van der Waals surface area contributed by atoms with Crippen LogP contribution in [0.3, 0.4) is 0 Å². The predicted octanol–water partition coefficient (Wildman–Crippen LogP) is 4.53. The molecule has 29 heavy (non-hydrogen) atoms. The van der Waals surface area contributed by atoms with Crippen LogP contribution in [-0.2, 0) is 4.74 Å². The lowest BCUT2D eigenvalue weighted by Gasteiger charge is -2.34. The van der Waals surface area contributed by atoms with E-state index in [1.54, 1.807) is 18.2 Å². The number of guanidine groups is 1. The van der Waals surface area contributed by atoms with Crippen LogP contribution >= 0.6 is 24.0 Å². The molecule has 2 atom stereocenters. The van der Waals surface area contributed by atoms with Crippen LogP contribution in [0.5, 0.6) is 5.75 Å². The zero-order chi connectivity index (χ0) is 20.1. The number of likely N-dealkylation sites (tertiary alicyclic amines) is 1. The average molecular weight is 527 g/mol. The Morgan fingerprint density at radius 1 is 1.21 bits per heavy atom. The fourth-order valence-corrected chi connectivity index (χ4v) is 3.73. The molecular formula is C20H29F3IN3O2. The third-order valence-electron chi connectivity index (χ3n) is 5.10. The Morgan fingerprint density at radius 3 is 2.52 bits per heavy atom. The second-order valence-corrected chi connectivity index (χ2v) is 7.12. The van der Waals surface area contributed by atoms with Gasteiger partial charge in [-0.1, -0.05) is 18.2 Å².